The standard InChI is InChI=1S/C16H26NO6P/c1-6-21-24(19,22-7-2)10-14(18)12-8-17-11(3)15-13(12)9-20-16(4,5)23-15/h8,14,18H,6-7,9-10H2,1-5H3. The van der Waals surface area contributed by atoms with E-state index in [4.69, 9.17) is 18.5 Å². The highest BCUT2D eigenvalue weighted by Gasteiger charge is 2.34. The van der Waals surface area contributed by atoms with Crippen LogP contribution in [0.15, 0.2) is 6.20 Å². The van der Waals surface area contributed by atoms with E-state index in [0.29, 0.717) is 16.9 Å². The quantitative estimate of drug-likeness (QED) is 0.747. The zero-order valence-corrected chi connectivity index (χ0v) is 15.8. The van der Waals surface area contributed by atoms with E-state index in [1.807, 2.05) is 20.8 Å². The minimum atomic E-state index is -3.37. The first-order chi connectivity index (χ1) is 11.2. The van der Waals surface area contributed by atoms with Gasteiger partial charge < -0.3 is 23.6 Å². The highest BCUT2D eigenvalue weighted by atomic mass is 31.2. The molecule has 0 saturated carbocycles. The summed E-state index contributed by atoms with van der Waals surface area (Å²) in [5.41, 5.74) is 1.95. The molecule has 0 spiro atoms. The van der Waals surface area contributed by atoms with E-state index in [1.165, 1.54) is 0 Å². The fourth-order valence-electron chi connectivity index (χ4n) is 2.59. The van der Waals surface area contributed by atoms with Gasteiger partial charge in [-0.2, -0.15) is 0 Å². The molecule has 0 aliphatic carbocycles. The SMILES string of the molecule is CCOP(=O)(CC(O)c1cnc(C)c2c1COC(C)(C)O2)OCC. The first-order valence-electron chi connectivity index (χ1n) is 8.09. The van der Waals surface area contributed by atoms with E-state index >= 15 is 0 Å². The van der Waals surface area contributed by atoms with Crippen molar-refractivity contribution in [2.45, 2.75) is 53.1 Å². The fourth-order valence-corrected chi connectivity index (χ4v) is 4.28. The molecule has 0 radical (unpaired) electrons. The molecule has 7 nitrogen and oxygen atoms in total. The minimum Gasteiger partial charge on any atom is -0.461 e. The van der Waals surface area contributed by atoms with Crippen LogP contribution in [0.25, 0.3) is 0 Å². The van der Waals surface area contributed by atoms with E-state index in [-0.39, 0.29) is 26.0 Å². The number of aryl methyl sites for hydroxylation is 1. The van der Waals surface area contributed by atoms with Crippen LogP contribution in [0.2, 0.25) is 0 Å². The van der Waals surface area contributed by atoms with Gasteiger partial charge in [0.15, 0.2) is 0 Å². The number of hydrogen-bond donors (Lipinski definition) is 1. The molecular formula is C16H26NO6P. The van der Waals surface area contributed by atoms with Gasteiger partial charge in [-0.1, -0.05) is 0 Å². The third-order valence-electron chi connectivity index (χ3n) is 3.67. The third-order valence-corrected chi connectivity index (χ3v) is 5.76. The first kappa shape index (κ1) is 19.3. The third kappa shape index (κ3) is 4.35. The van der Waals surface area contributed by atoms with Crippen molar-refractivity contribution in [1.29, 1.82) is 0 Å². The van der Waals surface area contributed by atoms with Gasteiger partial charge in [0.05, 0.1) is 37.8 Å². The summed E-state index contributed by atoms with van der Waals surface area (Å²) in [4.78, 5) is 4.29. The van der Waals surface area contributed by atoms with Crippen molar-refractivity contribution in [3.8, 4) is 5.75 Å². The number of aliphatic hydroxyl groups is 1. The van der Waals surface area contributed by atoms with E-state index in [2.05, 4.69) is 4.98 Å². The second kappa shape index (κ2) is 7.50. The molecule has 1 atom stereocenters. The Morgan fingerprint density at radius 1 is 1.38 bits per heavy atom. The Kier molecular flexibility index (Phi) is 6.04. The zero-order chi connectivity index (χ0) is 18.0. The Morgan fingerprint density at radius 3 is 2.58 bits per heavy atom. The number of ether oxygens (including phenoxy) is 2. The van der Waals surface area contributed by atoms with Gasteiger partial charge in [0, 0.05) is 31.2 Å². The number of pyridine rings is 1. The lowest BCUT2D eigenvalue weighted by atomic mass is 10.0. The van der Waals surface area contributed by atoms with Gasteiger partial charge in [-0.05, 0) is 20.8 Å². The summed E-state index contributed by atoms with van der Waals surface area (Å²) in [5, 5.41) is 10.6. The van der Waals surface area contributed by atoms with Crippen LogP contribution in [0.3, 0.4) is 0 Å². The Labute approximate surface area is 142 Å². The predicted octanol–water partition coefficient (Wildman–Crippen LogP) is 3.33. The van der Waals surface area contributed by atoms with Crippen molar-refractivity contribution in [2.24, 2.45) is 0 Å². The number of nitrogens with zero attached hydrogens (tertiary/aromatic N) is 1. The summed E-state index contributed by atoms with van der Waals surface area (Å²) >= 11 is 0. The Bertz CT molecular complexity index is 623. The van der Waals surface area contributed by atoms with Crippen LogP contribution in [0, 0.1) is 6.92 Å². The molecule has 1 aliphatic rings. The minimum absolute atomic E-state index is 0.144. The Morgan fingerprint density at radius 2 is 2.00 bits per heavy atom. The molecule has 0 bridgehead atoms. The molecular weight excluding hydrogens is 333 g/mol. The molecule has 136 valence electrons. The highest BCUT2D eigenvalue weighted by molar-refractivity contribution is 7.53. The summed E-state index contributed by atoms with van der Waals surface area (Å²) in [6, 6.07) is 0. The van der Waals surface area contributed by atoms with Crippen LogP contribution in [0.4, 0.5) is 0 Å². The van der Waals surface area contributed by atoms with Gasteiger partial charge in [-0.15, -0.1) is 0 Å². The average Bonchev–Trinajstić information content (AvgIpc) is 2.47. The monoisotopic (exact) mass is 359 g/mol. The summed E-state index contributed by atoms with van der Waals surface area (Å²) in [7, 11) is -3.37. The fraction of sp³-hybridized carbons (Fsp3) is 0.688. The molecule has 2 rings (SSSR count). The summed E-state index contributed by atoms with van der Waals surface area (Å²) in [6.45, 7) is 9.71. The lowest BCUT2D eigenvalue weighted by Gasteiger charge is -2.34. The smallest absolute Gasteiger partial charge is 0.333 e. The zero-order valence-electron chi connectivity index (χ0n) is 14.9. The molecule has 0 saturated heterocycles. The molecule has 0 fully saturated rings. The molecule has 1 unspecified atom stereocenters. The van der Waals surface area contributed by atoms with Crippen molar-refractivity contribution in [3.63, 3.8) is 0 Å². The van der Waals surface area contributed by atoms with Crippen LogP contribution in [-0.4, -0.2) is 35.3 Å². The number of hydrogen-bond acceptors (Lipinski definition) is 7. The summed E-state index contributed by atoms with van der Waals surface area (Å²) < 4.78 is 34.7. The first-order valence-corrected chi connectivity index (χ1v) is 9.81. The summed E-state index contributed by atoms with van der Waals surface area (Å²) in [5.74, 6) is -0.153. The van der Waals surface area contributed by atoms with E-state index in [9.17, 15) is 9.67 Å². The topological polar surface area (TPSA) is 87.1 Å². The van der Waals surface area contributed by atoms with Crippen molar-refractivity contribution in [2.75, 3.05) is 19.4 Å². The van der Waals surface area contributed by atoms with Crippen molar-refractivity contribution in [1.82, 2.24) is 4.98 Å². The van der Waals surface area contributed by atoms with Gasteiger partial charge in [-0.25, -0.2) is 0 Å². The lowest BCUT2D eigenvalue weighted by molar-refractivity contribution is -0.181. The maximum atomic E-state index is 12.6. The number of aromatic nitrogens is 1. The number of aliphatic hydroxyl groups excluding tert-OH is 1. The maximum Gasteiger partial charge on any atom is 0.333 e. The lowest BCUT2D eigenvalue weighted by Crippen LogP contribution is -2.36. The highest BCUT2D eigenvalue weighted by Crippen LogP contribution is 2.51. The van der Waals surface area contributed by atoms with Crippen LogP contribution in [0.5, 0.6) is 5.75 Å². The largest absolute Gasteiger partial charge is 0.461 e. The molecule has 1 N–H and O–H groups in total. The Balaban J connectivity index is 2.31. The predicted molar refractivity (Wildman–Crippen MR) is 89.2 cm³/mol. The molecule has 1 aliphatic heterocycles. The Hall–Kier alpha value is -0.980. The van der Waals surface area contributed by atoms with Gasteiger partial charge in [0.25, 0.3) is 0 Å². The molecule has 1 aromatic rings. The maximum absolute atomic E-state index is 12.6. The van der Waals surface area contributed by atoms with Crippen LogP contribution < -0.4 is 4.74 Å². The molecule has 0 amide bonds. The van der Waals surface area contributed by atoms with E-state index in [0.717, 1.165) is 5.69 Å². The number of rotatable bonds is 7. The van der Waals surface area contributed by atoms with Crippen LogP contribution in [0.1, 0.15) is 50.6 Å². The normalized spacial score (nSPS) is 17.9. The molecule has 24 heavy (non-hydrogen) atoms. The van der Waals surface area contributed by atoms with Crippen molar-refractivity contribution in [3.05, 3.63) is 23.0 Å². The summed E-state index contributed by atoms with van der Waals surface area (Å²) in [6.07, 6.45) is 0.366. The second-order valence-corrected chi connectivity index (χ2v) is 8.15. The molecule has 0 aromatic carbocycles. The molecule has 2 heterocycles. The molecule has 1 aromatic heterocycles. The average molecular weight is 359 g/mol. The van der Waals surface area contributed by atoms with Gasteiger partial charge in [0.1, 0.15) is 5.75 Å². The van der Waals surface area contributed by atoms with Crippen molar-refractivity contribution < 1.29 is 28.2 Å². The van der Waals surface area contributed by atoms with Crippen LogP contribution >= 0.6 is 7.60 Å². The number of fused-ring (bicyclic) bond motifs is 1. The van der Waals surface area contributed by atoms with Crippen molar-refractivity contribution >= 4 is 7.60 Å². The van der Waals surface area contributed by atoms with E-state index < -0.39 is 19.5 Å². The van der Waals surface area contributed by atoms with Crippen LogP contribution in [-0.2, 0) is 25.0 Å². The van der Waals surface area contributed by atoms with Gasteiger partial charge >= 0.3 is 7.60 Å². The molecule has 8 heteroatoms. The van der Waals surface area contributed by atoms with Gasteiger partial charge in [0.2, 0.25) is 5.79 Å². The van der Waals surface area contributed by atoms with Gasteiger partial charge in [-0.3, -0.25) is 9.55 Å². The second-order valence-electron chi connectivity index (χ2n) is 6.04. The van der Waals surface area contributed by atoms with E-state index in [1.54, 1.807) is 20.0 Å².